The largest absolute Gasteiger partial charge is 0.272 e. The molecule has 0 saturated heterocycles. The molecule has 0 aliphatic rings. The minimum Gasteiger partial charge on any atom is -0.267 e. The third-order valence-corrected chi connectivity index (χ3v) is 5.60. The Labute approximate surface area is 102 Å². The predicted molar refractivity (Wildman–Crippen MR) is 62.7 cm³/mol. The van der Waals surface area contributed by atoms with E-state index in [0.717, 1.165) is 26.7 Å². The van der Waals surface area contributed by atoms with Gasteiger partial charge in [-0.1, -0.05) is 4.49 Å². The Morgan fingerprint density at radius 1 is 1.40 bits per heavy atom. The molecule has 1 N–H and O–H groups in total. The molecule has 0 bridgehead atoms. The van der Waals surface area contributed by atoms with Crippen molar-refractivity contribution in [3.05, 3.63) is 22.1 Å². The zero-order valence-electron chi connectivity index (χ0n) is 7.05. The van der Waals surface area contributed by atoms with E-state index in [-0.39, 0.29) is 4.21 Å². The molecule has 0 aromatic carbocycles. The molecule has 2 rings (SSSR count). The Bertz CT molecular complexity index is 548. The number of aromatic nitrogens is 2. The summed E-state index contributed by atoms with van der Waals surface area (Å²) in [4.78, 5) is 0. The van der Waals surface area contributed by atoms with E-state index in [2.05, 4.69) is 30.2 Å². The number of nitrogens with zero attached hydrogens (tertiary/aromatic N) is 2. The van der Waals surface area contributed by atoms with Gasteiger partial charge in [-0.05, 0) is 28.1 Å². The van der Waals surface area contributed by atoms with E-state index in [1.165, 1.54) is 12.3 Å². The zero-order chi connectivity index (χ0) is 10.9. The van der Waals surface area contributed by atoms with Crippen molar-refractivity contribution in [2.75, 3.05) is 4.72 Å². The Morgan fingerprint density at radius 3 is 2.73 bits per heavy atom. The molecule has 0 saturated carbocycles. The number of sulfonamides is 1. The van der Waals surface area contributed by atoms with Gasteiger partial charge in [-0.2, -0.15) is 0 Å². The summed E-state index contributed by atoms with van der Waals surface area (Å²) >= 11 is 5.35. The van der Waals surface area contributed by atoms with Crippen molar-refractivity contribution < 1.29 is 8.42 Å². The van der Waals surface area contributed by atoms with E-state index in [9.17, 15) is 8.42 Å². The highest BCUT2D eigenvalue weighted by Gasteiger charge is 2.17. The smallest absolute Gasteiger partial charge is 0.267 e. The summed E-state index contributed by atoms with van der Waals surface area (Å²) in [5.74, 6) is 0. The number of nitrogens with one attached hydrogen (secondary N) is 1. The highest BCUT2D eigenvalue weighted by molar-refractivity contribution is 9.11. The third-order valence-electron chi connectivity index (χ3n) is 1.41. The Morgan fingerprint density at radius 2 is 2.20 bits per heavy atom. The summed E-state index contributed by atoms with van der Waals surface area (Å²) in [5, 5.41) is 3.94. The van der Waals surface area contributed by atoms with Gasteiger partial charge >= 0.3 is 0 Å². The van der Waals surface area contributed by atoms with E-state index in [4.69, 9.17) is 0 Å². The summed E-state index contributed by atoms with van der Waals surface area (Å²) < 4.78 is 30.5. The summed E-state index contributed by atoms with van der Waals surface area (Å²) in [5.41, 5.74) is 0. The van der Waals surface area contributed by atoms with Gasteiger partial charge in [0.2, 0.25) is 0 Å². The number of rotatable bonds is 3. The topological polar surface area (TPSA) is 72.0 Å². The Kier molecular flexibility index (Phi) is 3.05. The Hall–Kier alpha value is -0.510. The first kappa shape index (κ1) is 11.0. The third kappa shape index (κ3) is 2.54. The van der Waals surface area contributed by atoms with Crippen molar-refractivity contribution in [3.63, 3.8) is 0 Å². The molecular weight excluding hydrogens is 322 g/mol. The van der Waals surface area contributed by atoms with Crippen LogP contribution in [0.4, 0.5) is 5.00 Å². The summed E-state index contributed by atoms with van der Waals surface area (Å²) in [6.07, 6.45) is 1.37. The molecule has 0 fully saturated rings. The molecule has 0 unspecified atom stereocenters. The maximum absolute atomic E-state index is 11.7. The SMILES string of the molecule is O=S(=O)(Nc1cnns1)c1ccc(Br)s1. The zero-order valence-corrected chi connectivity index (χ0v) is 11.1. The van der Waals surface area contributed by atoms with Crippen LogP contribution in [0.1, 0.15) is 0 Å². The highest BCUT2D eigenvalue weighted by atomic mass is 79.9. The fraction of sp³-hybridized carbons (Fsp3) is 0. The van der Waals surface area contributed by atoms with Gasteiger partial charge in [0, 0.05) is 11.5 Å². The van der Waals surface area contributed by atoms with Crippen molar-refractivity contribution in [1.29, 1.82) is 0 Å². The van der Waals surface area contributed by atoms with E-state index in [0.29, 0.717) is 5.00 Å². The fourth-order valence-electron chi connectivity index (χ4n) is 0.837. The van der Waals surface area contributed by atoms with Crippen LogP contribution < -0.4 is 4.72 Å². The quantitative estimate of drug-likeness (QED) is 0.938. The first-order chi connectivity index (χ1) is 7.08. The molecule has 80 valence electrons. The second kappa shape index (κ2) is 4.16. The Balaban J connectivity index is 2.28. The summed E-state index contributed by atoms with van der Waals surface area (Å²) in [6, 6.07) is 3.22. The first-order valence-electron chi connectivity index (χ1n) is 3.63. The van der Waals surface area contributed by atoms with Gasteiger partial charge < -0.3 is 0 Å². The van der Waals surface area contributed by atoms with E-state index in [1.54, 1.807) is 6.07 Å². The van der Waals surface area contributed by atoms with Crippen LogP contribution in [0.25, 0.3) is 0 Å². The maximum Gasteiger partial charge on any atom is 0.272 e. The van der Waals surface area contributed by atoms with Crippen LogP contribution >= 0.6 is 38.8 Å². The molecule has 0 aliphatic heterocycles. The van der Waals surface area contributed by atoms with E-state index >= 15 is 0 Å². The predicted octanol–water partition coefficient (Wildman–Crippen LogP) is 2.16. The van der Waals surface area contributed by atoms with Crippen LogP contribution in [0.5, 0.6) is 0 Å². The number of hydrogen-bond donors (Lipinski definition) is 1. The van der Waals surface area contributed by atoms with Gasteiger partial charge in [-0.3, -0.25) is 4.72 Å². The van der Waals surface area contributed by atoms with Gasteiger partial charge in [-0.15, -0.1) is 16.4 Å². The van der Waals surface area contributed by atoms with Gasteiger partial charge in [0.15, 0.2) is 0 Å². The molecule has 2 aromatic rings. The lowest BCUT2D eigenvalue weighted by molar-refractivity contribution is 0.603. The van der Waals surface area contributed by atoms with Crippen molar-refractivity contribution in [2.24, 2.45) is 0 Å². The van der Waals surface area contributed by atoms with Gasteiger partial charge in [-0.25, -0.2) is 8.42 Å². The van der Waals surface area contributed by atoms with Crippen molar-refractivity contribution in [1.82, 2.24) is 9.59 Å². The number of thiophene rings is 1. The number of hydrogen-bond acceptors (Lipinski definition) is 6. The molecule has 0 aliphatic carbocycles. The lowest BCUT2D eigenvalue weighted by Crippen LogP contribution is -2.10. The van der Waals surface area contributed by atoms with E-state index < -0.39 is 10.0 Å². The fourth-order valence-corrected chi connectivity index (χ4v) is 4.53. The minimum atomic E-state index is -3.49. The highest BCUT2D eigenvalue weighted by Crippen LogP contribution is 2.27. The molecule has 0 atom stereocenters. The van der Waals surface area contributed by atoms with Crippen molar-refractivity contribution >= 4 is 53.8 Å². The number of halogens is 1. The number of anilines is 1. The van der Waals surface area contributed by atoms with Crippen LogP contribution in [0.3, 0.4) is 0 Å². The molecule has 2 aromatic heterocycles. The molecule has 0 amide bonds. The van der Waals surface area contributed by atoms with E-state index in [1.807, 2.05) is 0 Å². The second-order valence-corrected chi connectivity index (χ2v) is 7.60. The lowest BCUT2D eigenvalue weighted by atomic mass is 10.7. The molecule has 5 nitrogen and oxygen atoms in total. The molecule has 15 heavy (non-hydrogen) atoms. The average molecular weight is 326 g/mol. The second-order valence-electron chi connectivity index (χ2n) is 2.45. The molecule has 9 heteroatoms. The standard InChI is InChI=1S/C6H4BrN3O2S3/c7-4-1-2-6(13-4)15(11,12)9-5-3-8-10-14-5/h1-3,9H. The van der Waals surface area contributed by atoms with Crippen LogP contribution in [-0.4, -0.2) is 18.0 Å². The van der Waals surface area contributed by atoms with Gasteiger partial charge in [0.25, 0.3) is 10.0 Å². The molecular formula is C6H4BrN3O2S3. The first-order valence-corrected chi connectivity index (χ1v) is 7.50. The van der Waals surface area contributed by atoms with Gasteiger partial charge in [0.05, 0.1) is 9.98 Å². The summed E-state index contributed by atoms with van der Waals surface area (Å²) in [7, 11) is -3.49. The summed E-state index contributed by atoms with van der Waals surface area (Å²) in [6.45, 7) is 0. The minimum absolute atomic E-state index is 0.253. The monoisotopic (exact) mass is 325 g/mol. The van der Waals surface area contributed by atoms with Crippen LogP contribution in [0, 0.1) is 0 Å². The lowest BCUT2D eigenvalue weighted by Gasteiger charge is -2.00. The van der Waals surface area contributed by atoms with Crippen molar-refractivity contribution in [2.45, 2.75) is 4.21 Å². The van der Waals surface area contributed by atoms with Crippen LogP contribution in [-0.2, 0) is 10.0 Å². The van der Waals surface area contributed by atoms with Gasteiger partial charge in [0.1, 0.15) is 9.21 Å². The molecule has 0 radical (unpaired) electrons. The average Bonchev–Trinajstić information content (AvgIpc) is 2.75. The van der Waals surface area contributed by atoms with Crippen LogP contribution in [0.15, 0.2) is 26.3 Å². The van der Waals surface area contributed by atoms with Crippen molar-refractivity contribution in [3.8, 4) is 0 Å². The normalized spacial score (nSPS) is 11.5. The molecule has 0 spiro atoms. The molecule has 2 heterocycles. The maximum atomic E-state index is 11.7. The van der Waals surface area contributed by atoms with Crippen LogP contribution in [0.2, 0.25) is 0 Å².